The lowest BCUT2D eigenvalue weighted by Crippen LogP contribution is -2.20. The lowest BCUT2D eigenvalue weighted by Gasteiger charge is -2.31. The molecule has 0 unspecified atom stereocenters. The maximum atomic E-state index is 12.8. The van der Waals surface area contributed by atoms with Crippen LogP contribution in [-0.2, 0) is 11.8 Å². The maximum Gasteiger partial charge on any atom is 0.163 e. The molecule has 0 N–H and O–H groups in total. The third-order valence-corrected chi connectivity index (χ3v) is 6.50. The minimum Gasteiger partial charge on any atom is -0.294 e. The highest BCUT2D eigenvalue weighted by molar-refractivity contribution is 6.00. The van der Waals surface area contributed by atoms with E-state index in [9.17, 15) is 4.79 Å². The van der Waals surface area contributed by atoms with Crippen LogP contribution in [0.5, 0.6) is 0 Å². The van der Waals surface area contributed by atoms with Crippen LogP contribution in [0, 0.1) is 13.8 Å². The number of rotatable bonds is 3. The van der Waals surface area contributed by atoms with Gasteiger partial charge in [0.05, 0.1) is 0 Å². The van der Waals surface area contributed by atoms with Gasteiger partial charge in [0.1, 0.15) is 0 Å². The highest BCUT2D eigenvalue weighted by Gasteiger charge is 2.37. The standard InChI is InChI=1S/C22H32O/c1-6-18(23)19-14(2)15(3)21-17(12-13-22(21,4)5)20(19)16-10-8-7-9-11-16/h16H,6-13H2,1-5H3. The number of Topliss-reactive ketones (excluding diaryl/α,β-unsaturated/α-hetero) is 1. The zero-order chi connectivity index (χ0) is 16.8. The molecule has 1 fully saturated rings. The number of carbonyl (C=O) groups excluding carboxylic acids is 1. The summed E-state index contributed by atoms with van der Waals surface area (Å²) >= 11 is 0. The van der Waals surface area contributed by atoms with Crippen LogP contribution in [0.4, 0.5) is 0 Å². The summed E-state index contributed by atoms with van der Waals surface area (Å²) in [5.74, 6) is 0.981. The second-order valence-electron chi connectivity index (χ2n) is 8.39. The second kappa shape index (κ2) is 6.07. The Morgan fingerprint density at radius 1 is 1.09 bits per heavy atom. The minimum absolute atomic E-state index is 0.265. The molecule has 126 valence electrons. The molecule has 2 aliphatic rings. The number of hydrogen-bond donors (Lipinski definition) is 0. The van der Waals surface area contributed by atoms with Gasteiger partial charge < -0.3 is 0 Å². The van der Waals surface area contributed by atoms with Gasteiger partial charge in [-0.2, -0.15) is 0 Å². The van der Waals surface area contributed by atoms with Crippen molar-refractivity contribution >= 4 is 5.78 Å². The number of hydrogen-bond acceptors (Lipinski definition) is 1. The van der Waals surface area contributed by atoms with Gasteiger partial charge in [-0.15, -0.1) is 0 Å². The van der Waals surface area contributed by atoms with E-state index in [4.69, 9.17) is 0 Å². The van der Waals surface area contributed by atoms with Crippen LogP contribution in [-0.4, -0.2) is 5.78 Å². The zero-order valence-electron chi connectivity index (χ0n) is 15.6. The van der Waals surface area contributed by atoms with Gasteiger partial charge in [-0.3, -0.25) is 4.79 Å². The molecule has 3 rings (SSSR count). The first kappa shape index (κ1) is 16.7. The molecule has 0 atom stereocenters. The molecule has 1 aromatic carbocycles. The van der Waals surface area contributed by atoms with Gasteiger partial charge in [0.2, 0.25) is 0 Å². The molecule has 1 saturated carbocycles. The lowest BCUT2D eigenvalue weighted by atomic mass is 9.73. The van der Waals surface area contributed by atoms with E-state index in [1.54, 1.807) is 11.1 Å². The predicted molar refractivity (Wildman–Crippen MR) is 97.7 cm³/mol. The Morgan fingerprint density at radius 3 is 2.35 bits per heavy atom. The lowest BCUT2D eigenvalue weighted by molar-refractivity contribution is 0.0985. The molecule has 0 aliphatic heterocycles. The first-order valence-electron chi connectivity index (χ1n) is 9.58. The summed E-state index contributed by atoms with van der Waals surface area (Å²) in [4.78, 5) is 12.8. The maximum absolute atomic E-state index is 12.8. The second-order valence-corrected chi connectivity index (χ2v) is 8.39. The molecule has 0 aromatic heterocycles. The third-order valence-electron chi connectivity index (χ3n) is 6.50. The number of fused-ring (bicyclic) bond motifs is 1. The van der Waals surface area contributed by atoms with Crippen LogP contribution in [0.2, 0.25) is 0 Å². The van der Waals surface area contributed by atoms with Crippen molar-refractivity contribution in [2.24, 2.45) is 0 Å². The van der Waals surface area contributed by atoms with Crippen molar-refractivity contribution in [2.75, 3.05) is 0 Å². The Labute approximate surface area is 141 Å². The van der Waals surface area contributed by atoms with Crippen molar-refractivity contribution in [3.05, 3.63) is 33.4 Å². The van der Waals surface area contributed by atoms with E-state index in [2.05, 4.69) is 27.7 Å². The van der Waals surface area contributed by atoms with Crippen LogP contribution < -0.4 is 0 Å². The minimum atomic E-state index is 0.265. The van der Waals surface area contributed by atoms with Crippen molar-refractivity contribution < 1.29 is 4.79 Å². The molecule has 2 aliphatic carbocycles. The van der Waals surface area contributed by atoms with E-state index in [-0.39, 0.29) is 5.41 Å². The fourth-order valence-electron chi connectivity index (χ4n) is 5.21. The van der Waals surface area contributed by atoms with Crippen molar-refractivity contribution in [1.29, 1.82) is 0 Å². The summed E-state index contributed by atoms with van der Waals surface area (Å²) in [6.45, 7) is 11.2. The molecular formula is C22H32O. The normalized spacial score (nSPS) is 20.6. The van der Waals surface area contributed by atoms with Crippen molar-refractivity contribution in [3.63, 3.8) is 0 Å². The largest absolute Gasteiger partial charge is 0.294 e. The summed E-state index contributed by atoms with van der Waals surface area (Å²) in [5, 5.41) is 0. The SMILES string of the molecule is CCC(=O)c1c(C)c(C)c2c(c1C1CCCCC1)CCC2(C)C. The van der Waals surface area contributed by atoms with Gasteiger partial charge in [-0.25, -0.2) is 0 Å². The van der Waals surface area contributed by atoms with Gasteiger partial charge in [-0.05, 0) is 78.7 Å². The zero-order valence-corrected chi connectivity index (χ0v) is 15.6. The summed E-state index contributed by atoms with van der Waals surface area (Å²) in [7, 11) is 0. The first-order valence-corrected chi connectivity index (χ1v) is 9.58. The first-order chi connectivity index (χ1) is 10.9. The molecule has 0 saturated heterocycles. The molecular weight excluding hydrogens is 280 g/mol. The molecule has 0 amide bonds. The van der Waals surface area contributed by atoms with E-state index in [1.807, 2.05) is 6.92 Å². The third kappa shape index (κ3) is 2.66. The average molecular weight is 312 g/mol. The fourth-order valence-corrected chi connectivity index (χ4v) is 5.21. The van der Waals surface area contributed by atoms with Gasteiger partial charge >= 0.3 is 0 Å². The Balaban J connectivity index is 2.28. The van der Waals surface area contributed by atoms with E-state index < -0.39 is 0 Å². The topological polar surface area (TPSA) is 17.1 Å². The van der Waals surface area contributed by atoms with Crippen LogP contribution >= 0.6 is 0 Å². The van der Waals surface area contributed by atoms with Gasteiger partial charge in [0, 0.05) is 12.0 Å². The molecule has 0 radical (unpaired) electrons. The summed E-state index contributed by atoms with van der Waals surface area (Å²) in [6, 6.07) is 0. The highest BCUT2D eigenvalue weighted by atomic mass is 16.1. The van der Waals surface area contributed by atoms with Gasteiger partial charge in [0.15, 0.2) is 5.78 Å². The number of benzene rings is 1. The summed E-state index contributed by atoms with van der Waals surface area (Å²) in [5.41, 5.74) is 8.63. The molecule has 23 heavy (non-hydrogen) atoms. The molecule has 1 aromatic rings. The monoisotopic (exact) mass is 312 g/mol. The van der Waals surface area contributed by atoms with Crippen LogP contribution in [0.25, 0.3) is 0 Å². The smallest absolute Gasteiger partial charge is 0.163 e. The van der Waals surface area contributed by atoms with Crippen LogP contribution in [0.3, 0.4) is 0 Å². The van der Waals surface area contributed by atoms with Gasteiger partial charge in [-0.1, -0.05) is 40.0 Å². The fraction of sp³-hybridized carbons (Fsp3) is 0.682. The molecule has 1 nitrogen and oxygen atoms in total. The van der Waals surface area contributed by atoms with E-state index in [0.717, 1.165) is 5.56 Å². The van der Waals surface area contributed by atoms with Crippen LogP contribution in [0.15, 0.2) is 0 Å². The highest BCUT2D eigenvalue weighted by Crippen LogP contribution is 2.48. The average Bonchev–Trinajstić information content (AvgIpc) is 2.86. The molecule has 1 heteroatoms. The van der Waals surface area contributed by atoms with Gasteiger partial charge in [0.25, 0.3) is 0 Å². The summed E-state index contributed by atoms with van der Waals surface area (Å²) in [6.07, 6.45) is 9.60. The quantitative estimate of drug-likeness (QED) is 0.610. The van der Waals surface area contributed by atoms with Crippen molar-refractivity contribution in [1.82, 2.24) is 0 Å². The predicted octanol–water partition coefficient (Wildman–Crippen LogP) is 6.17. The Bertz CT molecular complexity index is 630. The van der Waals surface area contributed by atoms with Crippen molar-refractivity contribution in [2.45, 2.75) is 97.3 Å². The molecule has 0 heterocycles. The molecule has 0 spiro atoms. The molecule has 0 bridgehead atoms. The summed E-state index contributed by atoms with van der Waals surface area (Å²) < 4.78 is 0. The Hall–Kier alpha value is -1.11. The van der Waals surface area contributed by atoms with Crippen molar-refractivity contribution in [3.8, 4) is 0 Å². The Morgan fingerprint density at radius 2 is 1.74 bits per heavy atom. The van der Waals surface area contributed by atoms with E-state index in [1.165, 1.54) is 61.6 Å². The van der Waals surface area contributed by atoms with E-state index in [0.29, 0.717) is 18.1 Å². The van der Waals surface area contributed by atoms with Crippen LogP contribution in [0.1, 0.15) is 110 Å². The number of ketones is 1. The van der Waals surface area contributed by atoms with E-state index >= 15 is 0 Å². The number of carbonyl (C=O) groups is 1. The Kier molecular flexibility index (Phi) is 4.42.